The van der Waals surface area contributed by atoms with E-state index >= 15 is 0 Å². The molecule has 92 valence electrons. The molecule has 0 rings (SSSR count). The quantitative estimate of drug-likeness (QED) is 0.362. The first-order valence-corrected chi connectivity index (χ1v) is 9.38. The molecular weight excluding hydrogens is 227 g/mol. The van der Waals surface area contributed by atoms with Crippen molar-refractivity contribution in [1.29, 1.82) is 0 Å². The Morgan fingerprint density at radius 3 is 1.53 bits per heavy atom. The number of hydrogen-bond donors (Lipinski definition) is 0. The summed E-state index contributed by atoms with van der Waals surface area (Å²) in [6.07, 6.45) is 10.9. The van der Waals surface area contributed by atoms with Crippen LogP contribution >= 0.6 is 17.7 Å². The van der Waals surface area contributed by atoms with E-state index in [1.807, 2.05) is 0 Å². The minimum absolute atomic E-state index is 0.751. The maximum absolute atomic E-state index is 11.9. The highest BCUT2D eigenvalue weighted by Crippen LogP contribution is 2.52. The van der Waals surface area contributed by atoms with Gasteiger partial charge in [-0.3, -0.25) is 0 Å². The Bertz CT molecular complexity index is 166. The molecule has 0 saturated carbocycles. The van der Waals surface area contributed by atoms with Crippen LogP contribution in [0.2, 0.25) is 0 Å². The lowest BCUT2D eigenvalue weighted by atomic mass is 10.2. The van der Waals surface area contributed by atoms with Crippen LogP contribution in [0.5, 0.6) is 0 Å². The molecule has 0 aliphatic rings. The first-order chi connectivity index (χ1) is 7.12. The highest BCUT2D eigenvalue weighted by Gasteiger charge is 2.16. The molecule has 0 saturated heterocycles. The van der Waals surface area contributed by atoms with Crippen LogP contribution in [-0.4, -0.2) is 12.3 Å². The Morgan fingerprint density at radius 2 is 1.20 bits per heavy atom. The van der Waals surface area contributed by atoms with Gasteiger partial charge in [-0.05, 0) is 12.8 Å². The van der Waals surface area contributed by atoms with Crippen LogP contribution in [0.15, 0.2) is 0 Å². The maximum Gasteiger partial charge on any atom is 0.169 e. The summed E-state index contributed by atoms with van der Waals surface area (Å²) in [7, 11) is 0. The number of unbranched alkanes of at least 4 members (excludes halogenated alkanes) is 6. The summed E-state index contributed by atoms with van der Waals surface area (Å²) in [5.41, 5.74) is 0. The molecule has 0 amide bonds. The molecule has 0 N–H and O–H groups in total. The van der Waals surface area contributed by atoms with Crippen LogP contribution in [-0.2, 0) is 4.57 Å². The molecule has 3 heteroatoms. The number of rotatable bonds is 10. The molecule has 0 atom stereocenters. The second-order valence-corrected chi connectivity index (χ2v) is 8.68. The Hall–Kier alpha value is 0.520. The third-order valence-electron chi connectivity index (χ3n) is 2.69. The van der Waals surface area contributed by atoms with Crippen LogP contribution in [0.3, 0.4) is 0 Å². The predicted octanol–water partition coefficient (Wildman–Crippen LogP) is 5.66. The molecule has 0 aromatic carbocycles. The Labute approximate surface area is 100 Å². The third-order valence-corrected chi connectivity index (χ3v) is 5.67. The van der Waals surface area contributed by atoms with Crippen LogP contribution < -0.4 is 0 Å². The van der Waals surface area contributed by atoms with Gasteiger partial charge in [-0.25, -0.2) is 0 Å². The van der Waals surface area contributed by atoms with E-state index in [0.29, 0.717) is 0 Å². The van der Waals surface area contributed by atoms with Gasteiger partial charge in [0.05, 0.1) is 0 Å². The van der Waals surface area contributed by atoms with Crippen LogP contribution in [0.1, 0.15) is 65.2 Å². The van der Waals surface area contributed by atoms with Gasteiger partial charge < -0.3 is 4.57 Å². The van der Waals surface area contributed by atoms with Gasteiger partial charge in [-0.1, -0.05) is 63.6 Å². The molecule has 0 heterocycles. The van der Waals surface area contributed by atoms with Gasteiger partial charge in [0, 0.05) is 12.3 Å². The van der Waals surface area contributed by atoms with Crippen LogP contribution in [0.4, 0.5) is 0 Å². The molecule has 15 heavy (non-hydrogen) atoms. The van der Waals surface area contributed by atoms with Gasteiger partial charge in [-0.2, -0.15) is 0 Å². The minimum atomic E-state index is -2.30. The predicted molar refractivity (Wildman–Crippen MR) is 71.5 cm³/mol. The largest absolute Gasteiger partial charge is 0.307 e. The van der Waals surface area contributed by atoms with E-state index in [2.05, 4.69) is 13.8 Å². The van der Waals surface area contributed by atoms with E-state index in [0.717, 1.165) is 25.2 Å². The van der Waals surface area contributed by atoms with E-state index in [-0.39, 0.29) is 0 Å². The molecule has 0 aliphatic carbocycles. The Balaban J connectivity index is 3.45. The summed E-state index contributed by atoms with van der Waals surface area (Å²) in [6, 6.07) is 0. The molecule has 0 fully saturated rings. The minimum Gasteiger partial charge on any atom is -0.307 e. The van der Waals surface area contributed by atoms with Crippen molar-refractivity contribution in [3.63, 3.8) is 0 Å². The Kier molecular flexibility index (Phi) is 10.1. The molecular formula is C12H26ClOP. The van der Waals surface area contributed by atoms with Crippen molar-refractivity contribution >= 4 is 17.7 Å². The smallest absolute Gasteiger partial charge is 0.169 e. The molecule has 0 bridgehead atoms. The molecule has 0 radical (unpaired) electrons. The monoisotopic (exact) mass is 252 g/mol. The Morgan fingerprint density at radius 1 is 0.800 bits per heavy atom. The molecule has 0 spiro atoms. The highest BCUT2D eigenvalue weighted by molar-refractivity contribution is 7.89. The van der Waals surface area contributed by atoms with Crippen LogP contribution in [0.25, 0.3) is 0 Å². The average Bonchev–Trinajstić information content (AvgIpc) is 2.20. The van der Waals surface area contributed by atoms with Crippen molar-refractivity contribution in [2.45, 2.75) is 65.2 Å². The normalized spacial score (nSPS) is 11.9. The van der Waals surface area contributed by atoms with Gasteiger partial charge in [0.1, 0.15) is 0 Å². The van der Waals surface area contributed by atoms with E-state index in [4.69, 9.17) is 11.2 Å². The zero-order valence-electron chi connectivity index (χ0n) is 10.3. The number of halogens is 1. The summed E-state index contributed by atoms with van der Waals surface area (Å²) < 4.78 is 11.9. The molecule has 0 aliphatic heterocycles. The van der Waals surface area contributed by atoms with Crippen molar-refractivity contribution in [2.75, 3.05) is 12.3 Å². The standard InChI is InChI=1S/C12H26ClOP/c1-3-5-7-9-11-15(13,14)12-10-8-6-4-2/h3-12H2,1-2H3. The van der Waals surface area contributed by atoms with Gasteiger partial charge in [0.15, 0.2) is 6.49 Å². The fraction of sp³-hybridized carbons (Fsp3) is 1.00. The van der Waals surface area contributed by atoms with Crippen molar-refractivity contribution in [3.05, 3.63) is 0 Å². The van der Waals surface area contributed by atoms with E-state index in [9.17, 15) is 4.57 Å². The zero-order valence-corrected chi connectivity index (χ0v) is 12.0. The fourth-order valence-electron chi connectivity index (χ4n) is 1.66. The van der Waals surface area contributed by atoms with Crippen molar-refractivity contribution in [3.8, 4) is 0 Å². The summed E-state index contributed by atoms with van der Waals surface area (Å²) in [5, 5.41) is 0. The van der Waals surface area contributed by atoms with Crippen LogP contribution in [0, 0.1) is 0 Å². The second kappa shape index (κ2) is 9.73. The maximum atomic E-state index is 11.9. The second-order valence-electron chi connectivity index (χ2n) is 4.36. The van der Waals surface area contributed by atoms with Crippen molar-refractivity contribution in [2.24, 2.45) is 0 Å². The van der Waals surface area contributed by atoms with Gasteiger partial charge in [-0.15, -0.1) is 0 Å². The van der Waals surface area contributed by atoms with Crippen molar-refractivity contribution < 1.29 is 4.57 Å². The summed E-state index contributed by atoms with van der Waals surface area (Å²) >= 11 is 6.05. The SMILES string of the molecule is CCCCCCP(=O)(Cl)CCCCCC. The molecule has 0 aromatic heterocycles. The zero-order chi connectivity index (χ0) is 11.6. The molecule has 0 aromatic rings. The summed E-state index contributed by atoms with van der Waals surface area (Å²) in [6.45, 7) is 2.07. The van der Waals surface area contributed by atoms with Gasteiger partial charge in [0.25, 0.3) is 0 Å². The lowest BCUT2D eigenvalue weighted by molar-refractivity contribution is 0.576. The third kappa shape index (κ3) is 10.8. The molecule has 1 nitrogen and oxygen atoms in total. The topological polar surface area (TPSA) is 17.1 Å². The summed E-state index contributed by atoms with van der Waals surface area (Å²) in [5.74, 6) is 0. The average molecular weight is 253 g/mol. The van der Waals surface area contributed by atoms with E-state index < -0.39 is 6.49 Å². The first kappa shape index (κ1) is 15.5. The lowest BCUT2D eigenvalue weighted by Crippen LogP contribution is -1.91. The highest BCUT2D eigenvalue weighted by atomic mass is 35.7. The first-order valence-electron chi connectivity index (χ1n) is 6.40. The molecule has 0 unspecified atom stereocenters. The fourth-order valence-corrected chi connectivity index (χ4v) is 3.99. The van der Waals surface area contributed by atoms with E-state index in [1.165, 1.54) is 38.5 Å². The number of hydrogen-bond acceptors (Lipinski definition) is 1. The van der Waals surface area contributed by atoms with Gasteiger partial charge >= 0.3 is 0 Å². The lowest BCUT2D eigenvalue weighted by Gasteiger charge is -2.09. The van der Waals surface area contributed by atoms with Gasteiger partial charge in [0.2, 0.25) is 0 Å². The summed E-state index contributed by atoms with van der Waals surface area (Å²) in [4.78, 5) is 0. The van der Waals surface area contributed by atoms with E-state index in [1.54, 1.807) is 0 Å². The van der Waals surface area contributed by atoms with Crippen molar-refractivity contribution in [1.82, 2.24) is 0 Å².